The monoisotopic (exact) mass is 485 g/mol. The molecule has 0 radical (unpaired) electrons. The van der Waals surface area contributed by atoms with Crippen molar-refractivity contribution in [2.45, 2.75) is 25.2 Å². The number of morpholine rings is 1. The Morgan fingerprint density at radius 3 is 2.79 bits per heavy atom. The molecular formula is C25H31N3O3S2. The number of ether oxygens (including phenoxy) is 2. The van der Waals surface area contributed by atoms with Gasteiger partial charge in [0, 0.05) is 31.1 Å². The number of carbonyl (C=O) groups excluding carboxylic acids is 1. The summed E-state index contributed by atoms with van der Waals surface area (Å²) in [6, 6.07) is 11.9. The van der Waals surface area contributed by atoms with Crippen molar-refractivity contribution in [1.82, 2.24) is 9.88 Å². The van der Waals surface area contributed by atoms with Gasteiger partial charge in [-0.2, -0.15) is 0 Å². The number of fused-ring (bicyclic) bond motifs is 1. The van der Waals surface area contributed by atoms with Gasteiger partial charge >= 0.3 is 0 Å². The first-order valence-corrected chi connectivity index (χ1v) is 13.2. The van der Waals surface area contributed by atoms with Gasteiger partial charge in [0.1, 0.15) is 11.3 Å². The molecule has 1 fully saturated rings. The number of amides is 1. The van der Waals surface area contributed by atoms with Crippen LogP contribution in [0.2, 0.25) is 0 Å². The number of nitrogens with zero attached hydrogens (tertiary/aromatic N) is 3. The molecule has 4 rings (SSSR count). The minimum Gasteiger partial charge on any atom is -0.494 e. The zero-order valence-corrected chi connectivity index (χ0v) is 21.1. The fourth-order valence-corrected chi connectivity index (χ4v) is 5.88. The first-order chi connectivity index (χ1) is 16.1. The molecule has 0 N–H and O–H groups in total. The molecule has 0 spiro atoms. The van der Waals surface area contributed by atoms with Crippen LogP contribution >= 0.6 is 23.1 Å². The third-order valence-electron chi connectivity index (χ3n) is 5.77. The van der Waals surface area contributed by atoms with Gasteiger partial charge in [0.05, 0.1) is 30.6 Å². The first-order valence-electron chi connectivity index (χ1n) is 11.4. The van der Waals surface area contributed by atoms with Gasteiger partial charge in [0.25, 0.3) is 5.91 Å². The topological polar surface area (TPSA) is 54.9 Å². The number of carbonyl (C=O) groups is 1. The molecule has 0 unspecified atom stereocenters. The van der Waals surface area contributed by atoms with E-state index in [2.05, 4.69) is 18.7 Å². The number of anilines is 1. The average Bonchev–Trinajstić information content (AvgIpc) is 3.29. The van der Waals surface area contributed by atoms with Crippen LogP contribution in [0.5, 0.6) is 5.75 Å². The molecule has 2 heterocycles. The van der Waals surface area contributed by atoms with Gasteiger partial charge in [0.15, 0.2) is 5.13 Å². The van der Waals surface area contributed by atoms with E-state index in [4.69, 9.17) is 14.5 Å². The lowest BCUT2D eigenvalue weighted by Crippen LogP contribution is -2.39. The molecule has 0 bridgehead atoms. The summed E-state index contributed by atoms with van der Waals surface area (Å²) in [4.78, 5) is 24.0. The maximum absolute atomic E-state index is 13.9. The van der Waals surface area contributed by atoms with Crippen molar-refractivity contribution in [1.29, 1.82) is 0 Å². The molecule has 8 heteroatoms. The van der Waals surface area contributed by atoms with Crippen LogP contribution in [0.4, 0.5) is 5.13 Å². The summed E-state index contributed by atoms with van der Waals surface area (Å²) in [7, 11) is 1.66. The standard InChI is InChI=1S/C25H31N3O3S2/c1-4-32-21-9-6-5-8-19(21)24(29)28(13-7-12-27-14-16-31-17-15-27)25-26-22-20(30-3)11-10-18(2)23(22)33-25/h5-6,8-11H,4,7,12-17H2,1-3H3. The normalized spacial score (nSPS) is 14.5. The number of thiazole rings is 1. The van der Waals surface area contributed by atoms with Gasteiger partial charge < -0.3 is 9.47 Å². The van der Waals surface area contributed by atoms with E-state index in [-0.39, 0.29) is 5.91 Å². The molecule has 1 saturated heterocycles. The highest BCUT2D eigenvalue weighted by Gasteiger charge is 2.25. The summed E-state index contributed by atoms with van der Waals surface area (Å²) >= 11 is 3.26. The number of aromatic nitrogens is 1. The Morgan fingerprint density at radius 1 is 1.24 bits per heavy atom. The van der Waals surface area contributed by atoms with E-state index in [1.165, 1.54) is 0 Å². The molecule has 1 aromatic heterocycles. The highest BCUT2D eigenvalue weighted by atomic mass is 32.2. The second-order valence-electron chi connectivity index (χ2n) is 7.95. The van der Waals surface area contributed by atoms with E-state index in [0.29, 0.717) is 6.54 Å². The van der Waals surface area contributed by atoms with Crippen molar-refractivity contribution < 1.29 is 14.3 Å². The van der Waals surface area contributed by atoms with E-state index < -0.39 is 0 Å². The molecular weight excluding hydrogens is 454 g/mol. The lowest BCUT2D eigenvalue weighted by atomic mass is 10.2. The van der Waals surface area contributed by atoms with E-state index in [9.17, 15) is 4.79 Å². The number of benzene rings is 2. The van der Waals surface area contributed by atoms with E-state index >= 15 is 0 Å². The number of thioether (sulfide) groups is 1. The predicted octanol–water partition coefficient (Wildman–Crippen LogP) is 5.09. The van der Waals surface area contributed by atoms with Crippen molar-refractivity contribution in [3.05, 3.63) is 47.5 Å². The molecule has 0 atom stereocenters. The van der Waals surface area contributed by atoms with E-state index in [1.807, 2.05) is 41.3 Å². The molecule has 3 aromatic rings. The highest BCUT2D eigenvalue weighted by molar-refractivity contribution is 7.99. The minimum absolute atomic E-state index is 0.00389. The first kappa shape index (κ1) is 24.0. The molecule has 176 valence electrons. The van der Waals surface area contributed by atoms with Crippen LogP contribution < -0.4 is 9.64 Å². The SMILES string of the molecule is CCSc1ccccc1C(=O)N(CCCN1CCOCC1)c1nc2c(OC)ccc(C)c2s1. The van der Waals surface area contributed by atoms with Crippen molar-refractivity contribution >= 4 is 44.4 Å². The molecule has 1 amide bonds. The van der Waals surface area contributed by atoms with E-state index in [1.54, 1.807) is 30.2 Å². The van der Waals surface area contributed by atoms with Crippen molar-refractivity contribution in [3.8, 4) is 5.75 Å². The van der Waals surface area contributed by atoms with Gasteiger partial charge in [-0.15, -0.1) is 11.8 Å². The fourth-order valence-electron chi connectivity index (χ4n) is 4.01. The molecule has 0 aliphatic carbocycles. The van der Waals surface area contributed by atoms with Gasteiger partial charge in [-0.05, 0) is 42.9 Å². The van der Waals surface area contributed by atoms with E-state index in [0.717, 1.165) is 82.1 Å². The Balaban J connectivity index is 1.66. The molecule has 33 heavy (non-hydrogen) atoms. The number of aryl methyl sites for hydroxylation is 1. The van der Waals surface area contributed by atoms with Crippen LogP contribution in [-0.4, -0.2) is 68.0 Å². The Hall–Kier alpha value is -2.13. The molecule has 6 nitrogen and oxygen atoms in total. The quantitative estimate of drug-likeness (QED) is 0.393. The molecule has 2 aromatic carbocycles. The van der Waals surface area contributed by atoms with Gasteiger partial charge in [-0.1, -0.05) is 36.5 Å². The molecule has 1 aliphatic heterocycles. The molecule has 0 saturated carbocycles. The van der Waals surface area contributed by atoms with Crippen LogP contribution in [0.1, 0.15) is 29.3 Å². The largest absolute Gasteiger partial charge is 0.494 e. The predicted molar refractivity (Wildman–Crippen MR) is 137 cm³/mol. The summed E-state index contributed by atoms with van der Waals surface area (Å²) in [5, 5.41) is 0.723. The summed E-state index contributed by atoms with van der Waals surface area (Å²) < 4.78 is 12.1. The van der Waals surface area contributed by atoms with Gasteiger partial charge in [-0.25, -0.2) is 4.98 Å². The van der Waals surface area contributed by atoms with Crippen LogP contribution in [0.25, 0.3) is 10.2 Å². The lowest BCUT2D eigenvalue weighted by Gasteiger charge is -2.28. The lowest BCUT2D eigenvalue weighted by molar-refractivity contribution is 0.0376. The summed E-state index contributed by atoms with van der Waals surface area (Å²) in [6.07, 6.45) is 0.876. The van der Waals surface area contributed by atoms with Gasteiger partial charge in [0.2, 0.25) is 0 Å². The number of hydrogen-bond donors (Lipinski definition) is 0. The number of rotatable bonds is 9. The zero-order chi connectivity index (χ0) is 23.2. The van der Waals surface area contributed by atoms with Crippen LogP contribution in [0, 0.1) is 6.92 Å². The maximum Gasteiger partial charge on any atom is 0.261 e. The Morgan fingerprint density at radius 2 is 2.03 bits per heavy atom. The van der Waals surface area contributed by atoms with Crippen molar-refractivity contribution in [3.63, 3.8) is 0 Å². The van der Waals surface area contributed by atoms with Crippen LogP contribution in [0.15, 0.2) is 41.3 Å². The van der Waals surface area contributed by atoms with Crippen molar-refractivity contribution in [2.24, 2.45) is 0 Å². The maximum atomic E-state index is 13.9. The highest BCUT2D eigenvalue weighted by Crippen LogP contribution is 2.37. The Bertz CT molecular complexity index is 1100. The Kier molecular flexibility index (Phi) is 8.25. The zero-order valence-electron chi connectivity index (χ0n) is 19.5. The second-order valence-corrected chi connectivity index (χ2v) is 10.2. The summed E-state index contributed by atoms with van der Waals surface area (Å²) in [6.45, 7) is 9.18. The van der Waals surface area contributed by atoms with Gasteiger partial charge in [-0.3, -0.25) is 14.6 Å². The van der Waals surface area contributed by atoms with Crippen LogP contribution in [0.3, 0.4) is 0 Å². The third kappa shape index (κ3) is 5.51. The third-order valence-corrected chi connectivity index (χ3v) is 7.93. The fraction of sp³-hybridized carbons (Fsp3) is 0.440. The smallest absolute Gasteiger partial charge is 0.261 e. The summed E-state index contributed by atoms with van der Waals surface area (Å²) in [5.74, 6) is 1.66. The number of methoxy groups -OCH3 is 1. The van der Waals surface area contributed by atoms with Crippen molar-refractivity contribution in [2.75, 3.05) is 57.2 Å². The molecule has 1 aliphatic rings. The number of hydrogen-bond acceptors (Lipinski definition) is 7. The Labute approximate surface area is 203 Å². The minimum atomic E-state index is 0.00389. The van der Waals surface area contributed by atoms with Crippen LogP contribution in [-0.2, 0) is 4.74 Å². The second kappa shape index (κ2) is 11.3. The summed E-state index contributed by atoms with van der Waals surface area (Å²) in [5.41, 5.74) is 2.69. The average molecular weight is 486 g/mol.